The van der Waals surface area contributed by atoms with Crippen LogP contribution in [0.1, 0.15) is 79.6 Å². The maximum atomic E-state index is 11.6. The molecular weight excluding hydrogens is 300 g/mol. The number of carbonyl (C=O) groups is 1. The summed E-state index contributed by atoms with van der Waals surface area (Å²) in [5.41, 5.74) is -0.442. The van der Waals surface area contributed by atoms with Crippen molar-refractivity contribution >= 4 is 5.97 Å². The maximum Gasteiger partial charge on any atom is 0.326 e. The lowest BCUT2D eigenvalue weighted by atomic mass is 9.96. The minimum absolute atomic E-state index is 0.0799. The number of piperazine rings is 1. The van der Waals surface area contributed by atoms with E-state index in [2.05, 4.69) is 30.6 Å². The van der Waals surface area contributed by atoms with E-state index in [0.717, 1.165) is 26.2 Å². The predicted molar refractivity (Wildman–Crippen MR) is 101 cm³/mol. The number of esters is 1. The Bertz CT molecular complexity index is 352. The van der Waals surface area contributed by atoms with Crippen molar-refractivity contribution in [3.8, 4) is 0 Å². The minimum atomic E-state index is -0.442. The molecule has 1 unspecified atom stereocenters. The molecule has 1 atom stereocenters. The lowest BCUT2D eigenvalue weighted by Crippen LogP contribution is -2.67. The second-order valence-electron chi connectivity index (χ2n) is 7.67. The Labute approximate surface area is 149 Å². The first kappa shape index (κ1) is 21.4. The van der Waals surface area contributed by atoms with Gasteiger partial charge in [-0.1, -0.05) is 65.7 Å². The molecule has 0 amide bonds. The Kier molecular flexibility index (Phi) is 9.91. The standard InChI is InChI=1S/C11H20N2O2.C9H20/c1-4-12-5-6-13-9(7-12)8-15-10(14)11(13,2)3;1-3-5-7-9-8-6-4-2/h9H,4-8H2,1-3H3;3-9H2,1-2H3. The molecule has 0 aromatic rings. The van der Waals surface area contributed by atoms with Crippen molar-refractivity contribution in [1.82, 2.24) is 9.80 Å². The molecule has 2 fully saturated rings. The second-order valence-corrected chi connectivity index (χ2v) is 7.67. The number of hydrogen-bond donors (Lipinski definition) is 0. The number of rotatable bonds is 7. The van der Waals surface area contributed by atoms with Gasteiger partial charge in [0.2, 0.25) is 0 Å². The minimum Gasteiger partial charge on any atom is -0.463 e. The Morgan fingerprint density at radius 1 is 1.00 bits per heavy atom. The highest BCUT2D eigenvalue weighted by Gasteiger charge is 2.46. The van der Waals surface area contributed by atoms with E-state index >= 15 is 0 Å². The van der Waals surface area contributed by atoms with Gasteiger partial charge in [0.1, 0.15) is 12.1 Å². The summed E-state index contributed by atoms with van der Waals surface area (Å²) >= 11 is 0. The Morgan fingerprint density at radius 3 is 2.12 bits per heavy atom. The van der Waals surface area contributed by atoms with E-state index in [-0.39, 0.29) is 5.97 Å². The van der Waals surface area contributed by atoms with Crippen molar-refractivity contribution in [3.05, 3.63) is 0 Å². The van der Waals surface area contributed by atoms with Crippen LogP contribution in [0.3, 0.4) is 0 Å². The second kappa shape index (κ2) is 11.1. The molecule has 2 aliphatic rings. The first-order valence-electron chi connectivity index (χ1n) is 10.1. The molecule has 4 nitrogen and oxygen atoms in total. The van der Waals surface area contributed by atoms with E-state index in [9.17, 15) is 4.79 Å². The number of nitrogens with zero attached hydrogens (tertiary/aromatic N) is 2. The molecule has 0 aliphatic carbocycles. The lowest BCUT2D eigenvalue weighted by molar-refractivity contribution is -0.176. The normalized spacial score (nSPS) is 23.9. The highest BCUT2D eigenvalue weighted by atomic mass is 16.5. The van der Waals surface area contributed by atoms with Crippen molar-refractivity contribution in [1.29, 1.82) is 0 Å². The van der Waals surface area contributed by atoms with Gasteiger partial charge in [0.05, 0.1) is 6.04 Å². The van der Waals surface area contributed by atoms with Gasteiger partial charge in [-0.25, -0.2) is 0 Å². The summed E-state index contributed by atoms with van der Waals surface area (Å²) in [6.45, 7) is 15.3. The number of unbranched alkanes of at least 4 members (excludes halogenated alkanes) is 6. The predicted octanol–water partition coefficient (Wildman–Crippen LogP) is 4.08. The first-order valence-corrected chi connectivity index (χ1v) is 10.1. The zero-order chi connectivity index (χ0) is 18.0. The van der Waals surface area contributed by atoms with Crippen LogP contribution in [0, 0.1) is 0 Å². The highest BCUT2D eigenvalue weighted by molar-refractivity contribution is 5.80. The molecule has 0 N–H and O–H groups in total. The third kappa shape index (κ3) is 6.36. The van der Waals surface area contributed by atoms with Crippen molar-refractivity contribution in [3.63, 3.8) is 0 Å². The largest absolute Gasteiger partial charge is 0.463 e. The zero-order valence-corrected chi connectivity index (χ0v) is 16.8. The molecule has 24 heavy (non-hydrogen) atoms. The summed E-state index contributed by atoms with van der Waals surface area (Å²) in [6, 6.07) is 0.381. The summed E-state index contributed by atoms with van der Waals surface area (Å²) in [7, 11) is 0. The van der Waals surface area contributed by atoms with E-state index in [0.29, 0.717) is 12.6 Å². The van der Waals surface area contributed by atoms with E-state index in [1.165, 1.54) is 44.9 Å². The van der Waals surface area contributed by atoms with Crippen LogP contribution in [-0.2, 0) is 9.53 Å². The van der Waals surface area contributed by atoms with Gasteiger partial charge in [-0.15, -0.1) is 0 Å². The van der Waals surface area contributed by atoms with Gasteiger partial charge in [0.15, 0.2) is 0 Å². The smallest absolute Gasteiger partial charge is 0.326 e. The number of carbonyl (C=O) groups excluding carboxylic acids is 1. The van der Waals surface area contributed by atoms with Crippen molar-refractivity contribution in [2.45, 2.75) is 91.1 Å². The Morgan fingerprint density at radius 2 is 1.58 bits per heavy atom. The first-order chi connectivity index (χ1) is 11.5. The summed E-state index contributed by atoms with van der Waals surface area (Å²) in [5, 5.41) is 0. The molecule has 2 saturated heterocycles. The number of cyclic esters (lactones) is 1. The molecule has 0 spiro atoms. The van der Waals surface area contributed by atoms with E-state index in [1.54, 1.807) is 0 Å². The van der Waals surface area contributed by atoms with Gasteiger partial charge < -0.3 is 9.64 Å². The SMILES string of the molecule is CCCCCCCCC.CCN1CCN2C(COC(=O)C2(C)C)C1. The fourth-order valence-electron chi connectivity index (χ4n) is 3.58. The van der Waals surface area contributed by atoms with E-state index in [4.69, 9.17) is 4.74 Å². The highest BCUT2D eigenvalue weighted by Crippen LogP contribution is 2.27. The molecule has 4 heteroatoms. The number of morpholine rings is 1. The van der Waals surface area contributed by atoms with Gasteiger partial charge in [0, 0.05) is 19.6 Å². The third-order valence-electron chi connectivity index (χ3n) is 5.35. The van der Waals surface area contributed by atoms with Crippen LogP contribution < -0.4 is 0 Å². The van der Waals surface area contributed by atoms with E-state index in [1.807, 2.05) is 13.8 Å². The van der Waals surface area contributed by atoms with Gasteiger partial charge >= 0.3 is 5.97 Å². The number of likely N-dealkylation sites (N-methyl/N-ethyl adjacent to an activating group) is 1. The van der Waals surface area contributed by atoms with Gasteiger partial charge in [-0.3, -0.25) is 9.69 Å². The van der Waals surface area contributed by atoms with Crippen LogP contribution in [-0.4, -0.2) is 60.1 Å². The fraction of sp³-hybridized carbons (Fsp3) is 0.950. The van der Waals surface area contributed by atoms with Gasteiger partial charge in [0.25, 0.3) is 0 Å². The van der Waals surface area contributed by atoms with Crippen molar-refractivity contribution in [2.75, 3.05) is 32.8 Å². The summed E-state index contributed by atoms with van der Waals surface area (Å²) in [5.74, 6) is -0.0799. The lowest BCUT2D eigenvalue weighted by Gasteiger charge is -2.50. The third-order valence-corrected chi connectivity index (χ3v) is 5.35. The fourth-order valence-corrected chi connectivity index (χ4v) is 3.58. The maximum absolute atomic E-state index is 11.6. The van der Waals surface area contributed by atoms with Gasteiger partial charge in [-0.05, 0) is 20.4 Å². The zero-order valence-electron chi connectivity index (χ0n) is 16.8. The molecule has 2 rings (SSSR count). The van der Waals surface area contributed by atoms with Crippen LogP contribution >= 0.6 is 0 Å². The van der Waals surface area contributed by atoms with Crippen LogP contribution in [0.4, 0.5) is 0 Å². The van der Waals surface area contributed by atoms with Crippen LogP contribution in [0.25, 0.3) is 0 Å². The van der Waals surface area contributed by atoms with Crippen LogP contribution in [0.2, 0.25) is 0 Å². The van der Waals surface area contributed by atoms with Gasteiger partial charge in [-0.2, -0.15) is 0 Å². The summed E-state index contributed by atoms with van der Waals surface area (Å²) in [4.78, 5) is 16.4. The number of ether oxygens (including phenoxy) is 1. The molecular formula is C20H40N2O2. The molecule has 142 valence electrons. The average molecular weight is 341 g/mol. The summed E-state index contributed by atoms with van der Waals surface area (Å²) in [6.07, 6.45) is 9.97. The Balaban J connectivity index is 0.000000277. The average Bonchev–Trinajstić information content (AvgIpc) is 2.58. The molecule has 0 aromatic carbocycles. The number of fused-ring (bicyclic) bond motifs is 1. The summed E-state index contributed by atoms with van der Waals surface area (Å²) < 4.78 is 5.25. The Hall–Kier alpha value is -0.610. The van der Waals surface area contributed by atoms with Crippen molar-refractivity contribution in [2.24, 2.45) is 0 Å². The quantitative estimate of drug-likeness (QED) is 0.516. The molecule has 2 heterocycles. The monoisotopic (exact) mass is 340 g/mol. The molecule has 0 aromatic heterocycles. The van der Waals surface area contributed by atoms with Crippen LogP contribution in [0.15, 0.2) is 0 Å². The topological polar surface area (TPSA) is 32.8 Å². The van der Waals surface area contributed by atoms with Crippen LogP contribution in [0.5, 0.6) is 0 Å². The molecule has 0 saturated carbocycles. The van der Waals surface area contributed by atoms with Crippen molar-refractivity contribution < 1.29 is 9.53 Å². The van der Waals surface area contributed by atoms with E-state index < -0.39 is 5.54 Å². The molecule has 2 aliphatic heterocycles. The molecule has 0 radical (unpaired) electrons. The number of hydrogen-bond acceptors (Lipinski definition) is 4. The molecule has 0 bridgehead atoms.